The maximum absolute atomic E-state index is 10.3. The van der Waals surface area contributed by atoms with Crippen molar-refractivity contribution in [3.8, 4) is 0 Å². The zero-order valence-corrected chi connectivity index (χ0v) is 26.0. The van der Waals surface area contributed by atoms with Crippen LogP contribution in [-0.2, 0) is 19.0 Å². The predicted octanol–water partition coefficient (Wildman–Crippen LogP) is -2.31. The predicted molar refractivity (Wildman–Crippen MR) is 109 cm³/mol. The Morgan fingerprint density at radius 1 is 0.680 bits per heavy atom. The standard InChI is InChI=1S/2C5H15O2Si2.2Al.Na.3H2O.O/c2*1-8(2,3)7-9(4,5)6;;;;;;;/h2*1-5H3;;;;3*1H2;/q2*-1;;2*+1;;;;. The largest absolute Gasteiger partial charge is 1.00 e. The van der Waals surface area contributed by atoms with Crippen LogP contribution in [0.2, 0.25) is 65.5 Å². The van der Waals surface area contributed by atoms with Crippen molar-refractivity contribution >= 4 is 65.9 Å². The van der Waals surface area contributed by atoms with Gasteiger partial charge >= 0.3 is 106 Å². The van der Waals surface area contributed by atoms with E-state index in [1.165, 1.54) is 0 Å². The van der Waals surface area contributed by atoms with E-state index in [4.69, 9.17) is 15.2 Å². The first-order chi connectivity index (χ1) is 9.04. The van der Waals surface area contributed by atoms with E-state index in [0.717, 1.165) is 0 Å². The van der Waals surface area contributed by atoms with Gasteiger partial charge in [-0.2, -0.15) is 0 Å². The maximum atomic E-state index is 10.3. The van der Waals surface area contributed by atoms with E-state index in [9.17, 15) is 3.80 Å². The Kier molecular flexibility index (Phi) is 28.6. The molecule has 0 saturated carbocycles. The molecule has 0 aromatic rings. The van der Waals surface area contributed by atoms with Crippen LogP contribution in [0.5, 0.6) is 0 Å². The smallest absolute Gasteiger partial charge is 0.412 e. The summed E-state index contributed by atoms with van der Waals surface area (Å²) in [6.45, 7) is 20.8. The fourth-order valence-corrected chi connectivity index (χ4v) is 15.6. The van der Waals surface area contributed by atoms with Crippen molar-refractivity contribution in [1.82, 2.24) is 0 Å². The van der Waals surface area contributed by atoms with E-state index >= 15 is 0 Å². The van der Waals surface area contributed by atoms with E-state index in [2.05, 4.69) is 69.0 Å². The number of rotatable bonds is 7. The van der Waals surface area contributed by atoms with Crippen molar-refractivity contribution in [2.75, 3.05) is 0 Å². The van der Waals surface area contributed by atoms with Gasteiger partial charge in [0.1, 0.15) is 0 Å². The summed E-state index contributed by atoms with van der Waals surface area (Å²) in [5.74, 6) is 0. The quantitative estimate of drug-likeness (QED) is 0.381. The van der Waals surface area contributed by atoms with E-state index in [1.807, 2.05) is 13.1 Å². The molecule has 0 rings (SSSR count). The Hall–Kier alpha value is 2.29. The van der Waals surface area contributed by atoms with Gasteiger partial charge in [-0.3, -0.25) is 0 Å². The van der Waals surface area contributed by atoms with Crippen molar-refractivity contribution in [3.63, 3.8) is 0 Å². The maximum Gasteiger partial charge on any atom is 1.00 e. The third-order valence-corrected chi connectivity index (χ3v) is 15.5. The topological polar surface area (TPSA) is 148 Å². The molecule has 0 atom stereocenters. The second kappa shape index (κ2) is 17.2. The van der Waals surface area contributed by atoms with Crippen LogP contribution in [0.1, 0.15) is 0 Å². The van der Waals surface area contributed by atoms with Gasteiger partial charge in [-0.1, -0.05) is 0 Å². The van der Waals surface area contributed by atoms with Gasteiger partial charge in [0.25, 0.3) is 8.56 Å². The molecule has 0 unspecified atom stereocenters. The molecule has 0 amide bonds. The molecule has 6 N–H and O–H groups in total. The Morgan fingerprint density at radius 2 is 0.960 bits per heavy atom. The summed E-state index contributed by atoms with van der Waals surface area (Å²) in [6.07, 6.45) is 0. The zero-order chi connectivity index (χ0) is 17.5. The minimum atomic E-state index is -2.05. The normalized spacial score (nSPS) is 11.0. The summed E-state index contributed by atoms with van der Waals surface area (Å²) in [5, 5.41) is 0. The molecular formula is C10H36Al2NaO8Si4. The molecule has 0 spiro atoms. The van der Waals surface area contributed by atoms with Crippen LogP contribution in [0.15, 0.2) is 0 Å². The zero-order valence-electron chi connectivity index (χ0n) is 17.7. The van der Waals surface area contributed by atoms with Crippen LogP contribution in [0.25, 0.3) is 0 Å². The summed E-state index contributed by atoms with van der Waals surface area (Å²) in [4.78, 5) is 0. The molecule has 8 nitrogen and oxygen atoms in total. The summed E-state index contributed by atoms with van der Waals surface area (Å²) in [7, 11) is -6.75. The average Bonchev–Trinajstić information content (AvgIpc) is 2.10. The van der Waals surface area contributed by atoms with Crippen LogP contribution in [0, 0.1) is 0 Å². The average molecular weight is 474 g/mol. The van der Waals surface area contributed by atoms with Gasteiger partial charge in [0.15, 0.2) is 8.32 Å². The fourth-order valence-electron chi connectivity index (χ4n) is 1.64. The molecule has 0 aliphatic heterocycles. The van der Waals surface area contributed by atoms with Crippen LogP contribution in [0.3, 0.4) is 0 Å². The van der Waals surface area contributed by atoms with Gasteiger partial charge in [-0.25, -0.2) is 0 Å². The van der Waals surface area contributed by atoms with E-state index in [1.54, 1.807) is 0 Å². The van der Waals surface area contributed by atoms with Crippen molar-refractivity contribution < 1.29 is 65.0 Å². The Balaban J connectivity index is -0.0000000624. The molecule has 25 heavy (non-hydrogen) atoms. The van der Waals surface area contributed by atoms with Gasteiger partial charge in [0.05, 0.1) is 0 Å². The SMILES string of the molecule is C[Si](C)(C)O[Si](C)(C)[O][Al-].C[Si](C)(C)O[Si](C)(C)[O][Al]=[O].O.O.O.[Na+]. The van der Waals surface area contributed by atoms with Crippen LogP contribution < -0.4 is 29.6 Å². The summed E-state index contributed by atoms with van der Waals surface area (Å²) in [6, 6.07) is 0. The molecular weight excluding hydrogens is 437 g/mol. The summed E-state index contributed by atoms with van der Waals surface area (Å²) in [5.41, 5.74) is 0. The van der Waals surface area contributed by atoms with E-state index in [-0.39, 0.29) is 46.0 Å². The van der Waals surface area contributed by atoms with Gasteiger partial charge in [-0.05, 0) is 32.7 Å². The van der Waals surface area contributed by atoms with Crippen LogP contribution in [-0.4, -0.2) is 82.3 Å². The van der Waals surface area contributed by atoms with Gasteiger partial charge < -0.3 is 40.6 Å². The minimum Gasteiger partial charge on any atom is -0.412 e. The molecule has 0 saturated heterocycles. The Labute approximate surface area is 194 Å². The van der Waals surface area contributed by atoms with Crippen LogP contribution >= 0.6 is 0 Å². The first-order valence-corrected chi connectivity index (χ1v) is 20.8. The van der Waals surface area contributed by atoms with Gasteiger partial charge in [0, 0.05) is 0 Å². The molecule has 147 valence electrons. The van der Waals surface area contributed by atoms with Crippen molar-refractivity contribution in [2.24, 2.45) is 0 Å². The molecule has 0 aromatic heterocycles. The van der Waals surface area contributed by atoms with Crippen molar-refractivity contribution in [3.05, 3.63) is 0 Å². The van der Waals surface area contributed by atoms with E-state index in [0.29, 0.717) is 0 Å². The number of hydrogen-bond donors (Lipinski definition) is 0. The molecule has 0 heterocycles. The summed E-state index contributed by atoms with van der Waals surface area (Å²) < 4.78 is 32.1. The molecule has 15 heteroatoms. The third-order valence-electron chi connectivity index (χ3n) is 1.72. The second-order valence-electron chi connectivity index (χ2n) is 7.56. The Bertz CT molecular complexity index is 327. The number of hydrogen-bond acceptors (Lipinski definition) is 5. The molecule has 0 aliphatic carbocycles. The molecule has 0 aromatic carbocycles. The van der Waals surface area contributed by atoms with E-state index < -0.39 is 49.2 Å². The minimum absolute atomic E-state index is 0. The van der Waals surface area contributed by atoms with Crippen molar-refractivity contribution in [2.45, 2.75) is 65.5 Å². The third kappa shape index (κ3) is 34.2. The van der Waals surface area contributed by atoms with Crippen molar-refractivity contribution in [1.29, 1.82) is 0 Å². The monoisotopic (exact) mass is 473 g/mol. The van der Waals surface area contributed by atoms with Gasteiger partial charge in [0.2, 0.25) is 0 Å². The van der Waals surface area contributed by atoms with Crippen LogP contribution in [0.4, 0.5) is 0 Å². The fraction of sp³-hybridized carbons (Fsp3) is 1.00. The van der Waals surface area contributed by atoms with Gasteiger partial charge in [-0.15, -0.1) is 0 Å². The molecule has 0 aliphatic rings. The molecule has 0 fully saturated rings. The molecule has 3 radical (unpaired) electrons. The second-order valence-corrected chi connectivity index (χ2v) is 25.3. The first-order valence-electron chi connectivity index (χ1n) is 6.93. The molecule has 0 bridgehead atoms. The summed E-state index contributed by atoms with van der Waals surface area (Å²) >= 11 is 1.16. The Morgan fingerprint density at radius 3 is 1.12 bits per heavy atom. The first kappa shape index (κ1) is 41.6.